The third-order valence-electron chi connectivity index (χ3n) is 6.67. The molecule has 0 saturated carbocycles. The van der Waals surface area contributed by atoms with E-state index in [1.54, 1.807) is 51.1 Å². The van der Waals surface area contributed by atoms with Crippen molar-refractivity contribution in [2.24, 2.45) is 21.9 Å². The molecule has 16 radical (unpaired) electrons. The van der Waals surface area contributed by atoms with Crippen LogP contribution in [0.1, 0.15) is 175 Å². The van der Waals surface area contributed by atoms with Crippen molar-refractivity contribution in [2.75, 3.05) is 0 Å². The van der Waals surface area contributed by atoms with Crippen molar-refractivity contribution in [1.29, 1.82) is 0 Å². The van der Waals surface area contributed by atoms with Crippen LogP contribution < -0.4 is 33.4 Å². The number of amides is 4. The third-order valence-corrected chi connectivity index (χ3v) is 9.17. The van der Waals surface area contributed by atoms with Crippen LogP contribution in [0, 0.1) is 43.9 Å². The molecule has 8 N–H and O–H groups in total. The van der Waals surface area contributed by atoms with E-state index >= 15 is 0 Å². The molecule has 0 fully saturated rings. The number of hydrogen-bond donors (Lipinski definition) is 6. The number of rotatable bonds is 23. The fourth-order valence-corrected chi connectivity index (χ4v) is 3.87. The quantitative estimate of drug-likeness (QED) is 0.00418. The Hall–Kier alpha value is 3.67. The van der Waals surface area contributed by atoms with Gasteiger partial charge in [0.15, 0.2) is 5.71 Å². The minimum absolute atomic E-state index is 0. The van der Waals surface area contributed by atoms with Gasteiger partial charge in [-0.1, -0.05) is 138 Å². The molecule has 0 saturated heterocycles. The molecule has 32 nitrogen and oxygen atoms in total. The molecule has 0 aliphatic carbocycles. The number of nitrogens with one attached hydrogen (secondary N) is 4. The molecule has 0 aromatic carbocycles. The molecule has 0 aliphatic rings. The number of nitrogens with two attached hydrogens (primary N) is 2. The monoisotopic (exact) mass is 4160 g/mol. The van der Waals surface area contributed by atoms with Gasteiger partial charge in [-0.05, 0) is 50.1 Å². The molecule has 0 spiro atoms. The zero-order chi connectivity index (χ0) is 75.3. The molecule has 0 aliphatic heterocycles. The van der Waals surface area contributed by atoms with Gasteiger partial charge in [0.25, 0.3) is 0 Å². The molecular weight excluding hydrogens is 4080 g/mol. The zero-order valence-electron chi connectivity index (χ0n) is 59.9. The van der Waals surface area contributed by atoms with Crippen LogP contribution in [-0.4, -0.2) is 142 Å². The Kier molecular flexibility index (Phi) is 350. The Morgan fingerprint density at radius 1 is 0.509 bits per heavy atom. The number of hydrazone groups is 2. The summed E-state index contributed by atoms with van der Waals surface area (Å²) >= 11 is 5.37. The van der Waals surface area contributed by atoms with Gasteiger partial charge < -0.3 is 151 Å². The van der Waals surface area contributed by atoms with Crippen molar-refractivity contribution in [3.8, 4) is 0 Å². The van der Waals surface area contributed by atoms with Crippen molar-refractivity contribution >= 4 is 193 Å². The van der Waals surface area contributed by atoms with Crippen LogP contribution in [0.25, 0.3) is 11.1 Å². The molecule has 0 bridgehead atoms. The van der Waals surface area contributed by atoms with Crippen molar-refractivity contribution < 1.29 is 389 Å². The molecule has 110 heavy (non-hydrogen) atoms. The first-order valence-electron chi connectivity index (χ1n) is 26.3. The summed E-state index contributed by atoms with van der Waals surface area (Å²) in [6, 6.07) is 0. The number of unbranched alkanes of at least 4 members (excludes halogenated alkanes) is 3. The maximum atomic E-state index is 10.0. The standard InChI is InChI=1S/2C5H8N2O.2C4H5N2O.4C4H5N2S.4C4H7O.2CH3N2O.2Cl2OS.12Re.4Rh/c1-3-5(2)7-6-4-8;1-2-3-4-6-7-5-8;1-2-4(3-7)6-5;1-2-4(7)3-6-5;2*1-2-4-3-7-6-5-4;2*1-2-4-3-5-6-7-4;2*1-3-4(2)5;2*1-2-3-4-5;2*2-3-1-4;2*1-4(2)3;;;;;;;;;;;;;;;;/h2-3H2,1H3,(H,6,8);2-3H2,1H3,(H,7,8);6*2H2,1H3;4*2-3H2,1H3;2*2H2,(H,3,4);;;;;;;;;;;;;;;;;;/q2*-2;12*-1;;;;;;;;;;;;;;;;;;/b7-5+;;;;;;;;;;;;;;;;;;;;;;;;;;;;;;;. The summed E-state index contributed by atoms with van der Waals surface area (Å²) in [4.78, 5) is 101. The van der Waals surface area contributed by atoms with E-state index in [4.69, 9.17) is 29.1 Å². The van der Waals surface area contributed by atoms with Crippen molar-refractivity contribution in [2.45, 2.75) is 179 Å². The Morgan fingerprint density at radius 3 is 0.927 bits per heavy atom. The molecule has 4 heterocycles. The normalized spacial score (nSPS) is 7.11. The zero-order valence-corrected chi connectivity index (χ0v) is 107. The number of aromatic nitrogens is 8. The van der Waals surface area contributed by atoms with Crippen LogP contribution in [0.2, 0.25) is 0 Å². The Labute approximate surface area is 905 Å². The number of carbonyl (C=O) groups is 3. The Bertz CT molecular complexity index is 2340. The predicted octanol–water partition coefficient (Wildman–Crippen LogP) is 6.94. The molecule has 0 unspecified atom stereocenters. The summed E-state index contributed by atoms with van der Waals surface area (Å²) in [6.07, 6.45) is 31.4. The van der Waals surface area contributed by atoms with E-state index in [2.05, 4.69) is 177 Å². The maximum absolute atomic E-state index is 10.0. The smallest absolute Gasteiger partial charge is 0.211 e. The van der Waals surface area contributed by atoms with Crippen molar-refractivity contribution in [3.63, 3.8) is 0 Å². The van der Waals surface area contributed by atoms with E-state index in [-0.39, 0.29) is 346 Å². The number of nitrogens with zero attached hydrogens (tertiary/aromatic N) is 14. The summed E-state index contributed by atoms with van der Waals surface area (Å²) in [7, 11) is 14.7. The largest absolute Gasteiger partial charge is 0.542 e. The number of halogens is 4. The first-order chi connectivity index (χ1) is 44.8. The van der Waals surface area contributed by atoms with Crippen LogP contribution >= 0.6 is 88.9 Å². The van der Waals surface area contributed by atoms with Gasteiger partial charge in [-0.3, -0.25) is 24.3 Å². The van der Waals surface area contributed by atoms with E-state index in [0.29, 0.717) is 44.2 Å². The van der Waals surface area contributed by atoms with Crippen LogP contribution in [-0.2, 0) is 415 Å². The van der Waals surface area contributed by atoms with Crippen LogP contribution in [0.4, 0.5) is 0 Å². The van der Waals surface area contributed by atoms with Gasteiger partial charge in [0.05, 0.1) is 5.78 Å². The number of hydrazine groups is 2. The Balaban J connectivity index is -0.0000000250. The van der Waals surface area contributed by atoms with Crippen LogP contribution in [0.3, 0.4) is 0 Å². The van der Waals surface area contributed by atoms with Gasteiger partial charge in [-0.2, -0.15) is 48.6 Å². The van der Waals surface area contributed by atoms with E-state index in [0.717, 1.165) is 78.9 Å². The molecule has 4 rings (SSSR count). The predicted molar refractivity (Wildman–Crippen MR) is 372 cm³/mol. The second-order valence-electron chi connectivity index (χ2n) is 13.6. The molecule has 4 aromatic heterocycles. The van der Waals surface area contributed by atoms with Crippen molar-refractivity contribution in [1.82, 2.24) is 60.1 Å². The molecule has 4 aromatic rings. The molecular formula is C52H80Cl4N20O12Re12Rh4S6-16. The summed E-state index contributed by atoms with van der Waals surface area (Å²) in [5.74, 6) is 8.43. The summed E-state index contributed by atoms with van der Waals surface area (Å²) in [5.41, 5.74) is 25.4. The third kappa shape index (κ3) is 266. The minimum Gasteiger partial charge on any atom is -0.542 e. The van der Waals surface area contributed by atoms with Gasteiger partial charge in [0, 0.05) is 378 Å². The number of Topliss-reactive ketones (excluding diaryl/α,β-unsaturated/α-hetero) is 3. The van der Waals surface area contributed by atoms with Crippen molar-refractivity contribution in [3.05, 3.63) is 76.1 Å². The fourth-order valence-electron chi connectivity index (χ4n) is 2.15. The van der Waals surface area contributed by atoms with E-state index < -0.39 is 18.5 Å². The molecule has 4 amide bonds. The van der Waals surface area contributed by atoms with Gasteiger partial charge >= 0.3 is 0 Å². The summed E-state index contributed by atoms with van der Waals surface area (Å²) in [6.45, 7) is 32.7. The number of aryl methyl sites for hydroxylation is 4. The van der Waals surface area contributed by atoms with E-state index in [1.165, 1.54) is 78.1 Å². The van der Waals surface area contributed by atoms with Gasteiger partial charge in [-0.25, -0.2) is 41.4 Å². The van der Waals surface area contributed by atoms with Gasteiger partial charge in [0.1, 0.15) is 0 Å². The number of carbonyl (C=O) groups excluding carboxylic acids is 10. The fraction of sp³-hybridized carbons (Fsp3) is 0.519. The summed E-state index contributed by atoms with van der Waals surface area (Å²) in [5, 5.41) is 27.2. The van der Waals surface area contributed by atoms with Crippen LogP contribution in [0.15, 0.2) is 10.2 Å². The Morgan fingerprint density at radius 2 is 0.818 bits per heavy atom. The van der Waals surface area contributed by atoms with Crippen LogP contribution in [0.5, 0.6) is 0 Å². The van der Waals surface area contributed by atoms with E-state index in [9.17, 15) is 38.4 Å². The second-order valence-corrected chi connectivity index (χ2v) is 21.4. The average Bonchev–Trinajstić information content (AvgIpc) is 1.90. The second kappa shape index (κ2) is 196. The molecule has 58 heteroatoms. The van der Waals surface area contributed by atoms with E-state index in [1.807, 2.05) is 58.6 Å². The minimum atomic E-state index is -1.67. The number of ketones is 3. The van der Waals surface area contributed by atoms with Gasteiger partial charge in [0.2, 0.25) is 18.5 Å². The molecule has 0 atom stereocenters. The molecule has 660 valence electrons. The first kappa shape index (κ1) is 197. The first-order valence-corrected chi connectivity index (χ1v) is 35.0. The van der Waals surface area contributed by atoms with Gasteiger partial charge in [-0.15, -0.1) is 57.6 Å². The maximum Gasteiger partial charge on any atom is 0.211 e. The topological polar surface area (TPSA) is 506 Å². The SMILES string of the molecule is CCC(=O)[C-]=[N+]=[N-].CCC([C-]=O)=[N+]=[N-].CCC[C-]=NN[C-]=O.CCC[C-]=O.CCC[C-]=O.CCc1[c-]nns1.CCc1[c-]nns1.CCc1[c-]snn1.CCc1[c-]snn1.NN[C-]=O.NN[C-]=O.O=S(Cl)Cl.O=S(Cl)Cl.[CH2-]/C(CC)=N\N[C-]=O.[CH2-]C(=O)CC.[CH2-]C(=O)CC.[Re].[Re].[Re].[Re].[Re].[Re].[Re].[Re].[Re].[Re].[Re].[Re].[Rh].[Rh].[Rh].[Rh]. The average molecular weight is 4160 g/mol. The summed E-state index contributed by atoms with van der Waals surface area (Å²) < 4.78 is 32.7. The number of hydrogen-bond acceptors (Lipinski definition) is 28.